The van der Waals surface area contributed by atoms with E-state index >= 15 is 0 Å². The Hall–Kier alpha value is -2.53. The van der Waals surface area contributed by atoms with Crippen LogP contribution in [0.3, 0.4) is 0 Å². The molecule has 0 atom stereocenters. The van der Waals surface area contributed by atoms with Crippen molar-refractivity contribution in [3.8, 4) is 11.3 Å². The van der Waals surface area contributed by atoms with Gasteiger partial charge in [-0.05, 0) is 17.1 Å². The van der Waals surface area contributed by atoms with E-state index in [1.54, 1.807) is 0 Å². The van der Waals surface area contributed by atoms with E-state index in [2.05, 4.69) is 14.9 Å². The van der Waals surface area contributed by atoms with Gasteiger partial charge in [0.15, 0.2) is 0 Å². The summed E-state index contributed by atoms with van der Waals surface area (Å²) in [5.74, 6) is -0.0212. The Bertz CT molecular complexity index is 741. The number of nitrogens with zero attached hydrogens (tertiary/aromatic N) is 2. The molecule has 0 unspecified atom stereocenters. The quantitative estimate of drug-likeness (QED) is 0.788. The van der Waals surface area contributed by atoms with E-state index in [0.717, 1.165) is 21.7 Å². The summed E-state index contributed by atoms with van der Waals surface area (Å²) in [6.07, 6.45) is 0.300. The van der Waals surface area contributed by atoms with Gasteiger partial charge in [-0.1, -0.05) is 65.2 Å². The molecule has 1 N–H and O–H groups in total. The predicted molar refractivity (Wildman–Crippen MR) is 87.3 cm³/mol. The Morgan fingerprint density at radius 2 is 1.68 bits per heavy atom. The molecule has 1 amide bonds. The van der Waals surface area contributed by atoms with Crippen LogP contribution in [0.15, 0.2) is 60.7 Å². The first-order chi connectivity index (χ1) is 10.8. The van der Waals surface area contributed by atoms with Crippen molar-refractivity contribution in [1.82, 2.24) is 14.9 Å². The predicted octanol–water partition coefficient (Wildman–Crippen LogP) is 3.06. The summed E-state index contributed by atoms with van der Waals surface area (Å²) >= 11 is 1.27. The Labute approximate surface area is 133 Å². The molecule has 0 radical (unpaired) electrons. The highest BCUT2D eigenvalue weighted by atomic mass is 32.1. The standard InChI is InChI=1S/C17H15N3OS/c21-16(18-12-13-7-3-1-4-8-13)11-15-17(19-20-22-15)14-9-5-2-6-10-14/h1-10H,11-12H2,(H,18,21). The number of nitrogens with one attached hydrogen (secondary N) is 1. The number of carbonyl (C=O) groups is 1. The maximum Gasteiger partial charge on any atom is 0.225 e. The molecular weight excluding hydrogens is 294 g/mol. The lowest BCUT2D eigenvalue weighted by Gasteiger charge is -2.05. The lowest BCUT2D eigenvalue weighted by molar-refractivity contribution is -0.120. The second kappa shape index (κ2) is 6.95. The molecule has 1 heterocycles. The molecule has 3 rings (SSSR count). The highest BCUT2D eigenvalue weighted by Crippen LogP contribution is 2.23. The van der Waals surface area contributed by atoms with Crippen LogP contribution in [-0.4, -0.2) is 15.5 Å². The van der Waals surface area contributed by atoms with Crippen molar-refractivity contribution in [3.05, 3.63) is 71.1 Å². The zero-order valence-corrected chi connectivity index (χ0v) is 12.7. The molecule has 5 heteroatoms. The minimum Gasteiger partial charge on any atom is -0.352 e. The largest absolute Gasteiger partial charge is 0.352 e. The van der Waals surface area contributed by atoms with Gasteiger partial charge in [0.1, 0.15) is 5.69 Å². The van der Waals surface area contributed by atoms with Crippen LogP contribution in [0, 0.1) is 0 Å². The smallest absolute Gasteiger partial charge is 0.225 e. The summed E-state index contributed by atoms with van der Waals surface area (Å²) in [5, 5.41) is 7.07. The maximum absolute atomic E-state index is 12.1. The lowest BCUT2D eigenvalue weighted by atomic mass is 10.1. The molecular formula is C17H15N3OS. The van der Waals surface area contributed by atoms with Crippen molar-refractivity contribution in [2.45, 2.75) is 13.0 Å². The topological polar surface area (TPSA) is 54.9 Å². The van der Waals surface area contributed by atoms with Gasteiger partial charge in [-0.2, -0.15) is 0 Å². The Balaban J connectivity index is 1.64. The normalized spacial score (nSPS) is 10.4. The van der Waals surface area contributed by atoms with Gasteiger partial charge in [-0.25, -0.2) is 0 Å². The SMILES string of the molecule is O=C(Cc1snnc1-c1ccccc1)NCc1ccccc1. The average Bonchev–Trinajstić information content (AvgIpc) is 3.03. The van der Waals surface area contributed by atoms with E-state index in [9.17, 15) is 4.79 Å². The van der Waals surface area contributed by atoms with Crippen LogP contribution in [-0.2, 0) is 17.8 Å². The summed E-state index contributed by atoms with van der Waals surface area (Å²) in [6.45, 7) is 0.534. The first-order valence-corrected chi connectivity index (χ1v) is 7.77. The van der Waals surface area contributed by atoms with Crippen LogP contribution >= 0.6 is 11.5 Å². The summed E-state index contributed by atoms with van der Waals surface area (Å²) in [4.78, 5) is 13.0. The molecule has 4 nitrogen and oxygen atoms in total. The van der Waals surface area contributed by atoms with Gasteiger partial charge in [0.25, 0.3) is 0 Å². The lowest BCUT2D eigenvalue weighted by Crippen LogP contribution is -2.24. The molecule has 0 aliphatic heterocycles. The zero-order chi connectivity index (χ0) is 15.2. The minimum absolute atomic E-state index is 0.0212. The third-order valence-electron chi connectivity index (χ3n) is 3.26. The van der Waals surface area contributed by atoms with E-state index in [-0.39, 0.29) is 5.91 Å². The van der Waals surface area contributed by atoms with Crippen LogP contribution in [0.25, 0.3) is 11.3 Å². The minimum atomic E-state index is -0.0212. The van der Waals surface area contributed by atoms with Gasteiger partial charge in [0.2, 0.25) is 5.91 Å². The van der Waals surface area contributed by atoms with Crippen LogP contribution in [0.5, 0.6) is 0 Å². The zero-order valence-electron chi connectivity index (χ0n) is 11.9. The van der Waals surface area contributed by atoms with Gasteiger partial charge in [0, 0.05) is 12.1 Å². The van der Waals surface area contributed by atoms with Crippen LogP contribution in [0.1, 0.15) is 10.4 Å². The van der Waals surface area contributed by atoms with Gasteiger partial charge in [-0.15, -0.1) is 5.10 Å². The first-order valence-electron chi connectivity index (χ1n) is 7.00. The molecule has 22 heavy (non-hydrogen) atoms. The molecule has 0 aliphatic carbocycles. The summed E-state index contributed by atoms with van der Waals surface area (Å²) < 4.78 is 3.98. The van der Waals surface area contributed by atoms with Crippen molar-refractivity contribution < 1.29 is 4.79 Å². The number of rotatable bonds is 5. The molecule has 0 bridgehead atoms. The van der Waals surface area contributed by atoms with E-state index in [4.69, 9.17) is 0 Å². The number of aromatic nitrogens is 2. The molecule has 3 aromatic rings. The summed E-state index contributed by atoms with van der Waals surface area (Å²) in [5.41, 5.74) is 2.86. The maximum atomic E-state index is 12.1. The fourth-order valence-corrected chi connectivity index (χ4v) is 2.81. The highest BCUT2D eigenvalue weighted by molar-refractivity contribution is 7.06. The van der Waals surface area contributed by atoms with Crippen molar-refractivity contribution in [3.63, 3.8) is 0 Å². The van der Waals surface area contributed by atoms with E-state index in [1.807, 2.05) is 60.7 Å². The second-order valence-electron chi connectivity index (χ2n) is 4.85. The van der Waals surface area contributed by atoms with Gasteiger partial charge >= 0.3 is 0 Å². The van der Waals surface area contributed by atoms with Crippen molar-refractivity contribution in [2.24, 2.45) is 0 Å². The highest BCUT2D eigenvalue weighted by Gasteiger charge is 2.13. The van der Waals surface area contributed by atoms with Gasteiger partial charge in [-0.3, -0.25) is 4.79 Å². The van der Waals surface area contributed by atoms with Crippen LogP contribution in [0.4, 0.5) is 0 Å². The fourth-order valence-electron chi connectivity index (χ4n) is 2.15. The van der Waals surface area contributed by atoms with Crippen molar-refractivity contribution in [1.29, 1.82) is 0 Å². The Kier molecular flexibility index (Phi) is 4.56. The number of hydrogen-bond acceptors (Lipinski definition) is 4. The summed E-state index contributed by atoms with van der Waals surface area (Å²) in [6, 6.07) is 19.7. The van der Waals surface area contributed by atoms with E-state index in [1.165, 1.54) is 11.5 Å². The number of amides is 1. The number of hydrogen-bond donors (Lipinski definition) is 1. The second-order valence-corrected chi connectivity index (χ2v) is 5.69. The Morgan fingerprint density at radius 3 is 2.41 bits per heavy atom. The molecule has 110 valence electrons. The van der Waals surface area contributed by atoms with Crippen molar-refractivity contribution >= 4 is 17.4 Å². The summed E-state index contributed by atoms with van der Waals surface area (Å²) in [7, 11) is 0. The molecule has 0 saturated heterocycles. The van der Waals surface area contributed by atoms with E-state index < -0.39 is 0 Å². The molecule has 0 spiro atoms. The average molecular weight is 309 g/mol. The third-order valence-corrected chi connectivity index (χ3v) is 3.98. The first kappa shape index (κ1) is 14.4. The molecule has 0 fully saturated rings. The van der Waals surface area contributed by atoms with Crippen molar-refractivity contribution in [2.75, 3.05) is 0 Å². The fraction of sp³-hybridized carbons (Fsp3) is 0.118. The van der Waals surface area contributed by atoms with Gasteiger partial charge < -0.3 is 5.32 Å². The molecule has 0 saturated carbocycles. The van der Waals surface area contributed by atoms with Crippen LogP contribution < -0.4 is 5.32 Å². The molecule has 1 aromatic heterocycles. The molecule has 0 aliphatic rings. The number of carbonyl (C=O) groups excluding carboxylic acids is 1. The Morgan fingerprint density at radius 1 is 1.00 bits per heavy atom. The number of benzene rings is 2. The van der Waals surface area contributed by atoms with Crippen LogP contribution in [0.2, 0.25) is 0 Å². The van der Waals surface area contributed by atoms with E-state index in [0.29, 0.717) is 13.0 Å². The molecule has 2 aromatic carbocycles. The van der Waals surface area contributed by atoms with Gasteiger partial charge in [0.05, 0.1) is 11.3 Å². The third kappa shape index (κ3) is 3.56. The monoisotopic (exact) mass is 309 g/mol.